The standard InChI is InChI=1S/C22H14F6O2/c23-21(24,25)18-9-16(10-19(11-18)22(26,27)28)15-6-7-20(17(8-15)12-29)30-13-14-4-2-1-3-5-14/h1-12H,13H2. The number of hydrogen-bond acceptors (Lipinski definition) is 2. The molecule has 156 valence electrons. The summed E-state index contributed by atoms with van der Waals surface area (Å²) in [5.74, 6) is 0.167. The Morgan fingerprint density at radius 2 is 1.33 bits per heavy atom. The molecule has 0 fully saturated rings. The van der Waals surface area contributed by atoms with E-state index in [-0.39, 0.29) is 35.1 Å². The smallest absolute Gasteiger partial charge is 0.416 e. The van der Waals surface area contributed by atoms with Gasteiger partial charge < -0.3 is 4.74 Å². The highest BCUT2D eigenvalue weighted by Crippen LogP contribution is 2.39. The zero-order valence-corrected chi connectivity index (χ0v) is 15.2. The van der Waals surface area contributed by atoms with Gasteiger partial charge in [-0.15, -0.1) is 0 Å². The van der Waals surface area contributed by atoms with Crippen molar-refractivity contribution in [3.63, 3.8) is 0 Å². The monoisotopic (exact) mass is 424 g/mol. The van der Waals surface area contributed by atoms with E-state index >= 15 is 0 Å². The van der Waals surface area contributed by atoms with Crippen LogP contribution in [0.4, 0.5) is 26.3 Å². The van der Waals surface area contributed by atoms with E-state index in [0.29, 0.717) is 18.4 Å². The SMILES string of the molecule is O=Cc1cc(-c2cc(C(F)(F)F)cc(C(F)(F)F)c2)ccc1OCc1ccccc1. The second kappa shape index (κ2) is 8.22. The molecule has 0 bridgehead atoms. The van der Waals surface area contributed by atoms with Gasteiger partial charge in [0.25, 0.3) is 0 Å². The largest absolute Gasteiger partial charge is 0.488 e. The topological polar surface area (TPSA) is 26.3 Å². The van der Waals surface area contributed by atoms with Gasteiger partial charge in [0.2, 0.25) is 0 Å². The maximum Gasteiger partial charge on any atom is 0.416 e. The van der Waals surface area contributed by atoms with Crippen LogP contribution in [0.2, 0.25) is 0 Å². The second-order valence-corrected chi connectivity index (χ2v) is 6.44. The number of alkyl halides is 6. The fraction of sp³-hybridized carbons (Fsp3) is 0.136. The minimum absolute atomic E-state index is 0.00871. The Morgan fingerprint density at radius 3 is 1.87 bits per heavy atom. The first-order valence-corrected chi connectivity index (χ1v) is 8.64. The lowest BCUT2D eigenvalue weighted by Gasteiger charge is -2.15. The first-order valence-electron chi connectivity index (χ1n) is 8.64. The number of aldehydes is 1. The van der Waals surface area contributed by atoms with Gasteiger partial charge in [-0.05, 0) is 47.0 Å². The fourth-order valence-corrected chi connectivity index (χ4v) is 2.81. The molecule has 0 spiro atoms. The molecule has 3 aromatic rings. The lowest BCUT2D eigenvalue weighted by atomic mass is 9.97. The van der Waals surface area contributed by atoms with Crippen molar-refractivity contribution in [3.8, 4) is 16.9 Å². The Labute approximate surface area is 167 Å². The third-order valence-electron chi connectivity index (χ3n) is 4.29. The lowest BCUT2D eigenvalue weighted by molar-refractivity contribution is -0.143. The highest BCUT2D eigenvalue weighted by Gasteiger charge is 2.37. The molecule has 0 heterocycles. The van der Waals surface area contributed by atoms with Crippen LogP contribution in [0.5, 0.6) is 5.75 Å². The Bertz CT molecular complexity index is 1010. The molecule has 0 aliphatic heterocycles. The molecule has 0 aliphatic carbocycles. The molecule has 8 heteroatoms. The van der Waals surface area contributed by atoms with Gasteiger partial charge in [0, 0.05) is 0 Å². The van der Waals surface area contributed by atoms with Crippen molar-refractivity contribution in [2.75, 3.05) is 0 Å². The van der Waals surface area contributed by atoms with Crippen LogP contribution in [0.15, 0.2) is 66.7 Å². The summed E-state index contributed by atoms with van der Waals surface area (Å²) in [5.41, 5.74) is -2.30. The number of hydrogen-bond donors (Lipinski definition) is 0. The Kier molecular flexibility index (Phi) is 5.87. The Balaban J connectivity index is 1.98. The van der Waals surface area contributed by atoms with E-state index in [0.717, 1.165) is 5.56 Å². The first-order chi connectivity index (χ1) is 14.1. The summed E-state index contributed by atoms with van der Waals surface area (Å²) in [7, 11) is 0. The quantitative estimate of drug-likeness (QED) is 0.333. The minimum atomic E-state index is -4.96. The average molecular weight is 424 g/mol. The molecular weight excluding hydrogens is 410 g/mol. The fourth-order valence-electron chi connectivity index (χ4n) is 2.81. The molecule has 0 saturated carbocycles. The van der Waals surface area contributed by atoms with Gasteiger partial charge in [0.1, 0.15) is 12.4 Å². The summed E-state index contributed by atoms with van der Waals surface area (Å²) in [5, 5.41) is 0. The molecule has 30 heavy (non-hydrogen) atoms. The van der Waals surface area contributed by atoms with Gasteiger partial charge in [-0.2, -0.15) is 26.3 Å². The highest BCUT2D eigenvalue weighted by molar-refractivity contribution is 5.83. The van der Waals surface area contributed by atoms with Crippen LogP contribution in [-0.4, -0.2) is 6.29 Å². The number of halogens is 6. The molecule has 0 saturated heterocycles. The minimum Gasteiger partial charge on any atom is -0.488 e. The third-order valence-corrected chi connectivity index (χ3v) is 4.29. The third kappa shape index (κ3) is 5.00. The molecule has 0 amide bonds. The van der Waals surface area contributed by atoms with Crippen molar-refractivity contribution in [2.45, 2.75) is 19.0 Å². The molecular formula is C22H14F6O2. The van der Waals surface area contributed by atoms with Crippen LogP contribution in [0.3, 0.4) is 0 Å². The van der Waals surface area contributed by atoms with Crippen LogP contribution in [-0.2, 0) is 19.0 Å². The number of carbonyl (C=O) groups excluding carboxylic acids is 1. The van der Waals surface area contributed by atoms with E-state index < -0.39 is 23.5 Å². The Hall–Kier alpha value is -3.29. The molecule has 3 aromatic carbocycles. The van der Waals surface area contributed by atoms with Crippen LogP contribution >= 0.6 is 0 Å². The van der Waals surface area contributed by atoms with Gasteiger partial charge in [-0.25, -0.2) is 0 Å². The second-order valence-electron chi connectivity index (χ2n) is 6.44. The zero-order chi connectivity index (χ0) is 21.9. The summed E-state index contributed by atoms with van der Waals surface area (Å²) in [6.07, 6.45) is -9.48. The summed E-state index contributed by atoms with van der Waals surface area (Å²) in [4.78, 5) is 11.4. The summed E-state index contributed by atoms with van der Waals surface area (Å²) in [6.45, 7) is 0.142. The molecule has 0 radical (unpaired) electrons. The zero-order valence-electron chi connectivity index (χ0n) is 15.2. The van der Waals surface area contributed by atoms with E-state index in [1.807, 2.05) is 6.07 Å². The molecule has 0 aliphatic rings. The predicted octanol–water partition coefficient (Wildman–Crippen LogP) is 6.78. The maximum atomic E-state index is 13.1. The van der Waals surface area contributed by atoms with Crippen molar-refractivity contribution in [2.24, 2.45) is 0 Å². The predicted molar refractivity (Wildman–Crippen MR) is 98.0 cm³/mol. The van der Waals surface area contributed by atoms with Gasteiger partial charge in [0.05, 0.1) is 16.7 Å². The first kappa shape index (κ1) is 21.4. The van der Waals surface area contributed by atoms with Crippen LogP contribution in [0.1, 0.15) is 27.0 Å². The molecule has 0 atom stereocenters. The Morgan fingerprint density at radius 1 is 0.733 bits per heavy atom. The van der Waals surface area contributed by atoms with Gasteiger partial charge in [-0.1, -0.05) is 36.4 Å². The van der Waals surface area contributed by atoms with E-state index in [4.69, 9.17) is 4.74 Å². The summed E-state index contributed by atoms with van der Waals surface area (Å²) in [6, 6.07) is 14.2. The number of rotatable bonds is 5. The van der Waals surface area contributed by atoms with E-state index in [9.17, 15) is 31.1 Å². The van der Waals surface area contributed by atoms with Crippen LogP contribution < -0.4 is 4.74 Å². The van der Waals surface area contributed by atoms with Crippen LogP contribution in [0.25, 0.3) is 11.1 Å². The van der Waals surface area contributed by atoms with E-state index in [2.05, 4.69) is 0 Å². The van der Waals surface area contributed by atoms with Crippen molar-refractivity contribution >= 4 is 6.29 Å². The highest BCUT2D eigenvalue weighted by atomic mass is 19.4. The van der Waals surface area contributed by atoms with Crippen molar-refractivity contribution in [3.05, 3.63) is 89.0 Å². The maximum absolute atomic E-state index is 13.1. The summed E-state index contributed by atoms with van der Waals surface area (Å²) >= 11 is 0. The van der Waals surface area contributed by atoms with Gasteiger partial charge in [0.15, 0.2) is 6.29 Å². The van der Waals surface area contributed by atoms with E-state index in [1.165, 1.54) is 18.2 Å². The summed E-state index contributed by atoms with van der Waals surface area (Å²) < 4.78 is 84.0. The molecule has 3 rings (SSSR count). The lowest BCUT2D eigenvalue weighted by Crippen LogP contribution is -2.11. The normalized spacial score (nSPS) is 11.9. The number of ether oxygens (including phenoxy) is 1. The molecule has 0 aromatic heterocycles. The van der Waals surface area contributed by atoms with Crippen LogP contribution in [0, 0.1) is 0 Å². The number of carbonyl (C=O) groups is 1. The molecule has 2 nitrogen and oxygen atoms in total. The van der Waals surface area contributed by atoms with E-state index in [1.54, 1.807) is 24.3 Å². The average Bonchev–Trinajstić information content (AvgIpc) is 2.71. The van der Waals surface area contributed by atoms with Gasteiger partial charge in [-0.3, -0.25) is 4.79 Å². The van der Waals surface area contributed by atoms with Gasteiger partial charge >= 0.3 is 12.4 Å². The van der Waals surface area contributed by atoms with Crippen molar-refractivity contribution in [1.82, 2.24) is 0 Å². The van der Waals surface area contributed by atoms with Crippen molar-refractivity contribution in [1.29, 1.82) is 0 Å². The van der Waals surface area contributed by atoms with Crippen molar-refractivity contribution < 1.29 is 35.9 Å². The number of benzene rings is 3. The molecule has 0 unspecified atom stereocenters. The molecule has 0 N–H and O–H groups in total.